The van der Waals surface area contributed by atoms with Crippen LogP contribution < -0.4 is 5.32 Å². The Labute approximate surface area is 153 Å². The zero-order valence-electron chi connectivity index (χ0n) is 14.7. The van der Waals surface area contributed by atoms with Crippen molar-refractivity contribution in [2.75, 3.05) is 11.1 Å². The van der Waals surface area contributed by atoms with Crippen LogP contribution in [0.5, 0.6) is 0 Å². The first-order valence-corrected chi connectivity index (χ1v) is 10.4. The minimum Gasteiger partial charge on any atom is -0.322 e. The zero-order chi connectivity index (χ0) is 18.7. The molecule has 0 radical (unpaired) electrons. The number of carbonyl (C=O) groups is 1. The highest BCUT2D eigenvalue weighted by Gasteiger charge is 2.24. The van der Waals surface area contributed by atoms with Gasteiger partial charge in [0, 0.05) is 11.3 Å². The van der Waals surface area contributed by atoms with Crippen LogP contribution in [-0.4, -0.2) is 20.1 Å². The van der Waals surface area contributed by atoms with Gasteiger partial charge in [0.25, 0.3) is 5.91 Å². The van der Waals surface area contributed by atoms with E-state index < -0.39 is 15.7 Å². The average Bonchev–Trinajstić information content (AvgIpc) is 3.10. The lowest BCUT2D eigenvalue weighted by Gasteiger charge is -2.11. The number of rotatable bonds is 5. The minimum atomic E-state index is -3.41. The molecule has 1 amide bonds. The van der Waals surface area contributed by atoms with Crippen LogP contribution >= 0.6 is 0 Å². The second-order valence-corrected chi connectivity index (χ2v) is 8.91. The van der Waals surface area contributed by atoms with Gasteiger partial charge in [0.1, 0.15) is 5.82 Å². The molecule has 3 rings (SSSR count). The van der Waals surface area contributed by atoms with Crippen LogP contribution in [0.25, 0.3) is 0 Å². The first-order valence-electron chi connectivity index (χ1n) is 8.75. The topological polar surface area (TPSA) is 63.2 Å². The first-order chi connectivity index (χ1) is 12.3. The van der Waals surface area contributed by atoms with Crippen LogP contribution in [0.3, 0.4) is 0 Å². The number of nitrogens with one attached hydrogen (secondary N) is 1. The average molecular weight is 375 g/mol. The molecule has 2 aromatic rings. The SMILES string of the molecule is Cc1cc(NC(=O)c2cccc(S(=O)(=O)CC3CCCC3)c2)ccc1F. The number of hydrogen-bond donors (Lipinski definition) is 1. The summed E-state index contributed by atoms with van der Waals surface area (Å²) in [6.07, 6.45) is 4.06. The summed E-state index contributed by atoms with van der Waals surface area (Å²) < 4.78 is 38.6. The van der Waals surface area contributed by atoms with E-state index in [9.17, 15) is 17.6 Å². The van der Waals surface area contributed by atoms with Gasteiger partial charge in [-0.3, -0.25) is 4.79 Å². The Kier molecular flexibility index (Phi) is 5.41. The van der Waals surface area contributed by atoms with E-state index in [0.29, 0.717) is 11.3 Å². The van der Waals surface area contributed by atoms with E-state index >= 15 is 0 Å². The van der Waals surface area contributed by atoms with Crippen LogP contribution in [0.1, 0.15) is 41.6 Å². The molecule has 0 unspecified atom stereocenters. The summed E-state index contributed by atoms with van der Waals surface area (Å²) in [7, 11) is -3.41. The van der Waals surface area contributed by atoms with Gasteiger partial charge in [-0.05, 0) is 67.6 Å². The summed E-state index contributed by atoms with van der Waals surface area (Å²) in [6.45, 7) is 1.61. The van der Waals surface area contributed by atoms with Gasteiger partial charge in [0.2, 0.25) is 0 Å². The van der Waals surface area contributed by atoms with E-state index in [-0.39, 0.29) is 27.9 Å². The quantitative estimate of drug-likeness (QED) is 0.845. The number of carbonyl (C=O) groups excluding carboxylic acids is 1. The predicted molar refractivity (Wildman–Crippen MR) is 99.5 cm³/mol. The molecule has 1 N–H and O–H groups in total. The van der Waals surface area contributed by atoms with Gasteiger partial charge in [-0.25, -0.2) is 12.8 Å². The maximum Gasteiger partial charge on any atom is 0.255 e. The Morgan fingerprint density at radius 2 is 1.88 bits per heavy atom. The van der Waals surface area contributed by atoms with Crippen LogP contribution in [0.2, 0.25) is 0 Å². The second-order valence-electron chi connectivity index (χ2n) is 6.88. The normalized spacial score (nSPS) is 15.2. The molecule has 0 bridgehead atoms. The number of aryl methyl sites for hydroxylation is 1. The molecule has 6 heteroatoms. The summed E-state index contributed by atoms with van der Waals surface area (Å²) >= 11 is 0. The highest BCUT2D eigenvalue weighted by Crippen LogP contribution is 2.28. The standard InChI is InChI=1S/C20H22FNO3S/c1-14-11-17(9-10-19(14)21)22-20(23)16-7-4-8-18(12-16)26(24,25)13-15-5-2-3-6-15/h4,7-12,15H,2-3,5-6,13H2,1H3,(H,22,23). The molecular formula is C20H22FNO3S. The van der Waals surface area contributed by atoms with E-state index in [1.165, 1.54) is 30.3 Å². The van der Waals surface area contributed by atoms with Crippen molar-refractivity contribution in [3.63, 3.8) is 0 Å². The van der Waals surface area contributed by atoms with Crippen molar-refractivity contribution in [2.45, 2.75) is 37.5 Å². The lowest BCUT2D eigenvalue weighted by Crippen LogP contribution is -2.16. The number of hydrogen-bond acceptors (Lipinski definition) is 3. The zero-order valence-corrected chi connectivity index (χ0v) is 15.5. The summed E-state index contributed by atoms with van der Waals surface area (Å²) in [5.74, 6) is -0.425. The molecule has 2 aromatic carbocycles. The number of halogens is 1. The Balaban J connectivity index is 1.77. The minimum absolute atomic E-state index is 0.134. The van der Waals surface area contributed by atoms with Crippen molar-refractivity contribution < 1.29 is 17.6 Å². The number of anilines is 1. The third kappa shape index (κ3) is 4.30. The molecule has 26 heavy (non-hydrogen) atoms. The third-order valence-corrected chi connectivity index (χ3v) is 6.68. The maximum absolute atomic E-state index is 13.3. The second kappa shape index (κ2) is 7.58. The van der Waals surface area contributed by atoms with Gasteiger partial charge in [-0.15, -0.1) is 0 Å². The molecule has 0 heterocycles. The molecule has 0 atom stereocenters. The highest BCUT2D eigenvalue weighted by atomic mass is 32.2. The molecule has 0 spiro atoms. The Morgan fingerprint density at radius 3 is 2.58 bits per heavy atom. The van der Waals surface area contributed by atoms with Gasteiger partial charge in [0.05, 0.1) is 10.6 Å². The van der Waals surface area contributed by atoms with Crippen LogP contribution in [0, 0.1) is 18.7 Å². The van der Waals surface area contributed by atoms with Gasteiger partial charge in [-0.2, -0.15) is 0 Å². The molecule has 0 aromatic heterocycles. The van der Waals surface area contributed by atoms with Crippen molar-refractivity contribution in [3.05, 3.63) is 59.4 Å². The Morgan fingerprint density at radius 1 is 1.15 bits per heavy atom. The maximum atomic E-state index is 13.3. The van der Waals surface area contributed by atoms with Crippen LogP contribution in [0.15, 0.2) is 47.4 Å². The number of benzene rings is 2. The van der Waals surface area contributed by atoms with Crippen molar-refractivity contribution in [2.24, 2.45) is 5.92 Å². The molecule has 0 aliphatic heterocycles. The summed E-state index contributed by atoms with van der Waals surface area (Å²) in [5.41, 5.74) is 1.16. The van der Waals surface area contributed by atoms with Gasteiger partial charge in [-0.1, -0.05) is 18.9 Å². The first kappa shape index (κ1) is 18.6. The molecule has 138 valence electrons. The molecule has 0 saturated heterocycles. The molecule has 1 saturated carbocycles. The van der Waals surface area contributed by atoms with Gasteiger partial charge in [0.15, 0.2) is 9.84 Å². The van der Waals surface area contributed by atoms with Crippen molar-refractivity contribution in [1.82, 2.24) is 0 Å². The van der Waals surface area contributed by atoms with E-state index in [1.54, 1.807) is 19.1 Å². The third-order valence-electron chi connectivity index (χ3n) is 4.80. The van der Waals surface area contributed by atoms with Crippen LogP contribution in [0.4, 0.5) is 10.1 Å². The Bertz CT molecular complexity index is 918. The van der Waals surface area contributed by atoms with E-state index in [1.807, 2.05) is 0 Å². The fourth-order valence-corrected chi connectivity index (χ4v) is 5.08. The fraction of sp³-hybridized carbons (Fsp3) is 0.350. The number of sulfone groups is 1. The van der Waals surface area contributed by atoms with Crippen molar-refractivity contribution in [3.8, 4) is 0 Å². The van der Waals surface area contributed by atoms with Gasteiger partial charge < -0.3 is 5.32 Å². The van der Waals surface area contributed by atoms with Gasteiger partial charge >= 0.3 is 0 Å². The fourth-order valence-electron chi connectivity index (χ4n) is 3.34. The molecular weight excluding hydrogens is 353 g/mol. The largest absolute Gasteiger partial charge is 0.322 e. The van der Waals surface area contributed by atoms with Crippen LogP contribution in [-0.2, 0) is 9.84 Å². The summed E-state index contributed by atoms with van der Waals surface area (Å²) in [4.78, 5) is 12.6. The molecule has 4 nitrogen and oxygen atoms in total. The lowest BCUT2D eigenvalue weighted by molar-refractivity contribution is 0.102. The van der Waals surface area contributed by atoms with E-state index in [0.717, 1.165) is 25.7 Å². The van der Waals surface area contributed by atoms with E-state index in [2.05, 4.69) is 5.32 Å². The lowest BCUT2D eigenvalue weighted by atomic mass is 10.1. The molecule has 1 aliphatic carbocycles. The van der Waals surface area contributed by atoms with Crippen molar-refractivity contribution >= 4 is 21.4 Å². The van der Waals surface area contributed by atoms with E-state index in [4.69, 9.17) is 0 Å². The van der Waals surface area contributed by atoms with Crippen molar-refractivity contribution in [1.29, 1.82) is 0 Å². The number of amides is 1. The summed E-state index contributed by atoms with van der Waals surface area (Å²) in [5, 5.41) is 2.68. The highest BCUT2D eigenvalue weighted by molar-refractivity contribution is 7.91. The summed E-state index contributed by atoms with van der Waals surface area (Å²) in [6, 6.07) is 10.4. The molecule has 1 aliphatic rings. The smallest absolute Gasteiger partial charge is 0.255 e. The monoisotopic (exact) mass is 375 g/mol. The Hall–Kier alpha value is -2.21. The predicted octanol–water partition coefficient (Wildman–Crippen LogP) is 4.35. The molecule has 1 fully saturated rings.